The van der Waals surface area contributed by atoms with Gasteiger partial charge in [-0.3, -0.25) is 38.4 Å². The summed E-state index contributed by atoms with van der Waals surface area (Å²) in [6.07, 6.45) is -1.01. The van der Waals surface area contributed by atoms with Crippen LogP contribution in [0.15, 0.2) is 24.3 Å². The van der Waals surface area contributed by atoms with Crippen molar-refractivity contribution < 1.29 is 63.6 Å². The van der Waals surface area contributed by atoms with Gasteiger partial charge >= 0.3 is 11.9 Å². The molecule has 51 heavy (non-hydrogen) atoms. The van der Waals surface area contributed by atoms with Crippen molar-refractivity contribution >= 4 is 53.3 Å². The minimum absolute atomic E-state index is 0.0309. The van der Waals surface area contributed by atoms with E-state index in [0.717, 1.165) is 0 Å². The van der Waals surface area contributed by atoms with E-state index in [1.165, 1.54) is 31.2 Å². The van der Waals surface area contributed by atoms with Crippen molar-refractivity contribution in [1.29, 1.82) is 0 Å². The maximum atomic E-state index is 12.9. The molecule has 13 N–H and O–H groups in total. The first kappa shape index (κ1) is 43.2. The van der Waals surface area contributed by atoms with Crippen LogP contribution in [-0.2, 0) is 49.6 Å². The van der Waals surface area contributed by atoms with Gasteiger partial charge in [0.05, 0.1) is 32.7 Å². The smallest absolute Gasteiger partial charge is 0.326 e. The third kappa shape index (κ3) is 16.0. The third-order valence-electron chi connectivity index (χ3n) is 6.90. The Hall–Kier alpha value is -5.83. The van der Waals surface area contributed by atoms with Crippen molar-refractivity contribution in [2.75, 3.05) is 26.2 Å². The van der Waals surface area contributed by atoms with E-state index in [2.05, 4.69) is 37.2 Å². The Bertz CT molecular complexity index is 1440. The highest BCUT2D eigenvalue weighted by molar-refractivity contribution is 5.97. The molecule has 1 rings (SSSR count). The summed E-state index contributed by atoms with van der Waals surface area (Å²) in [7, 11) is 0. The van der Waals surface area contributed by atoms with Crippen molar-refractivity contribution in [1.82, 2.24) is 37.2 Å². The second kappa shape index (κ2) is 21.3. The van der Waals surface area contributed by atoms with Crippen LogP contribution < -0.4 is 43.0 Å². The summed E-state index contributed by atoms with van der Waals surface area (Å²) in [5.41, 5.74) is 5.67. The maximum absolute atomic E-state index is 12.9. The van der Waals surface area contributed by atoms with Gasteiger partial charge in [0.1, 0.15) is 36.0 Å². The first-order chi connectivity index (χ1) is 23.9. The Morgan fingerprint density at radius 2 is 1.22 bits per heavy atom. The first-order valence-corrected chi connectivity index (χ1v) is 15.5. The summed E-state index contributed by atoms with van der Waals surface area (Å²) < 4.78 is 0. The molecule has 0 spiro atoms. The van der Waals surface area contributed by atoms with Crippen LogP contribution >= 0.6 is 0 Å². The lowest BCUT2D eigenvalue weighted by atomic mass is 10.0. The van der Waals surface area contributed by atoms with Crippen molar-refractivity contribution in [2.45, 2.75) is 63.8 Å². The van der Waals surface area contributed by atoms with Gasteiger partial charge in [0.15, 0.2) is 0 Å². The molecule has 21 nitrogen and oxygen atoms in total. The Kier molecular flexibility index (Phi) is 18.0. The molecule has 0 aliphatic rings. The SMILES string of the molecule is CC(C)[C@H](NC(=O)[C@H](CO)NC(=O)CNC(=O)[C@H](CC(=O)O)NC(=O)[C@H](C)NC(=O)CN)C(=O)NCC(=O)N[C@@H](Cc1ccc(O)cc1)C(=O)O. The van der Waals surface area contributed by atoms with Gasteiger partial charge < -0.3 is 63.4 Å². The number of amides is 7. The third-order valence-corrected chi connectivity index (χ3v) is 6.90. The molecule has 21 heteroatoms. The zero-order valence-corrected chi connectivity index (χ0v) is 28.1. The molecule has 0 aliphatic carbocycles. The molecule has 0 unspecified atom stereocenters. The quantitative estimate of drug-likeness (QED) is 0.0564. The van der Waals surface area contributed by atoms with Gasteiger partial charge in [-0.1, -0.05) is 26.0 Å². The molecule has 1 aromatic rings. The summed E-state index contributed by atoms with van der Waals surface area (Å²) in [6.45, 7) is 1.47. The van der Waals surface area contributed by atoms with Crippen molar-refractivity contribution in [2.24, 2.45) is 11.7 Å². The lowest BCUT2D eigenvalue weighted by Gasteiger charge is -2.25. The van der Waals surface area contributed by atoms with Crippen LogP contribution in [0.2, 0.25) is 0 Å². The predicted molar refractivity (Wildman–Crippen MR) is 174 cm³/mol. The van der Waals surface area contributed by atoms with Crippen LogP contribution in [0.1, 0.15) is 32.8 Å². The number of carboxylic acids is 2. The van der Waals surface area contributed by atoms with Crippen LogP contribution in [0.3, 0.4) is 0 Å². The summed E-state index contributed by atoms with van der Waals surface area (Å²) in [6, 6.07) is -1.49. The van der Waals surface area contributed by atoms with E-state index in [4.69, 9.17) is 10.8 Å². The molecule has 0 aromatic heterocycles. The van der Waals surface area contributed by atoms with Gasteiger partial charge in [0, 0.05) is 6.42 Å². The number of aliphatic carboxylic acids is 2. The number of carbonyl (C=O) groups excluding carboxylic acids is 7. The van der Waals surface area contributed by atoms with Crippen LogP contribution in [0.4, 0.5) is 0 Å². The first-order valence-electron chi connectivity index (χ1n) is 15.5. The van der Waals surface area contributed by atoms with E-state index >= 15 is 0 Å². The monoisotopic (exact) mass is 724 g/mol. The highest BCUT2D eigenvalue weighted by Gasteiger charge is 2.30. The Balaban J connectivity index is 2.75. The molecular formula is C30H44N8O13. The fraction of sp³-hybridized carbons (Fsp3) is 0.500. The number of aromatic hydroxyl groups is 1. The standard InChI is InChI=1S/C30H44N8O13/c1-14(2)25(29(49)33-12-22(42)35-19(30(50)51)8-16-4-6-17(40)7-5-16)38-28(48)20(13-39)36-23(43)11-32-27(47)18(9-24(44)45)37-26(46)15(3)34-21(41)10-31/h4-7,14-15,18-20,25,39-40H,8-13,31H2,1-3H3,(H,32,47)(H,33,49)(H,34,41)(H,35,42)(H,36,43)(H,37,46)(H,38,48)(H,44,45)(H,50,51)/t15-,18-,19-,20-,25-/m0/s1. The molecule has 0 radical (unpaired) electrons. The van der Waals surface area contributed by atoms with Gasteiger partial charge in [0.25, 0.3) is 0 Å². The van der Waals surface area contributed by atoms with Crippen LogP contribution in [0.5, 0.6) is 5.75 Å². The van der Waals surface area contributed by atoms with E-state index in [1.807, 2.05) is 0 Å². The summed E-state index contributed by atoms with van der Waals surface area (Å²) in [5.74, 6) is -9.90. The van der Waals surface area contributed by atoms with Gasteiger partial charge in [-0.25, -0.2) is 4.79 Å². The average Bonchev–Trinajstić information content (AvgIpc) is 3.06. The largest absolute Gasteiger partial charge is 0.508 e. The molecule has 0 bridgehead atoms. The van der Waals surface area contributed by atoms with Crippen LogP contribution in [0, 0.1) is 5.92 Å². The number of nitrogens with two attached hydrogens (primary N) is 1. The van der Waals surface area contributed by atoms with E-state index in [0.29, 0.717) is 5.56 Å². The number of nitrogens with one attached hydrogen (secondary N) is 7. The van der Waals surface area contributed by atoms with Crippen molar-refractivity contribution in [3.63, 3.8) is 0 Å². The van der Waals surface area contributed by atoms with Crippen molar-refractivity contribution in [3.8, 4) is 5.75 Å². The number of aliphatic hydroxyl groups is 1. The molecule has 0 saturated heterocycles. The zero-order valence-electron chi connectivity index (χ0n) is 28.1. The van der Waals surface area contributed by atoms with Crippen LogP contribution in [0.25, 0.3) is 0 Å². The molecule has 0 aliphatic heterocycles. The number of rotatable bonds is 21. The number of aliphatic hydroxyl groups excluding tert-OH is 1. The molecule has 0 heterocycles. The highest BCUT2D eigenvalue weighted by Crippen LogP contribution is 2.11. The molecule has 0 fully saturated rings. The molecule has 0 saturated carbocycles. The average molecular weight is 725 g/mol. The summed E-state index contributed by atoms with van der Waals surface area (Å²) in [5, 5.41) is 53.2. The Labute approximate surface area is 291 Å². The number of phenolic OH excluding ortho intramolecular Hbond substituents is 1. The number of hydrogen-bond donors (Lipinski definition) is 12. The number of hydrogen-bond acceptors (Lipinski definition) is 12. The minimum Gasteiger partial charge on any atom is -0.508 e. The molecular weight excluding hydrogens is 680 g/mol. The number of carboxylic acid groups (broad SMARTS) is 2. The van der Waals surface area contributed by atoms with E-state index in [-0.39, 0.29) is 12.2 Å². The molecule has 7 amide bonds. The fourth-order valence-electron chi connectivity index (χ4n) is 4.16. The minimum atomic E-state index is -1.67. The highest BCUT2D eigenvalue weighted by atomic mass is 16.4. The predicted octanol–water partition coefficient (Wildman–Crippen LogP) is -5.22. The van der Waals surface area contributed by atoms with Crippen LogP contribution in [-0.4, -0.2) is 130 Å². The second-order valence-electron chi connectivity index (χ2n) is 11.4. The fourth-order valence-corrected chi connectivity index (χ4v) is 4.16. The lowest BCUT2D eigenvalue weighted by Crippen LogP contribution is -2.58. The van der Waals surface area contributed by atoms with E-state index < -0.39 is 122 Å². The molecule has 5 atom stereocenters. The van der Waals surface area contributed by atoms with Gasteiger partial charge in [-0.05, 0) is 30.5 Å². The maximum Gasteiger partial charge on any atom is 0.326 e. The number of carbonyl (C=O) groups is 9. The molecule has 1 aromatic carbocycles. The van der Waals surface area contributed by atoms with E-state index in [1.54, 1.807) is 13.8 Å². The van der Waals surface area contributed by atoms with Gasteiger partial charge in [-0.15, -0.1) is 0 Å². The van der Waals surface area contributed by atoms with Gasteiger partial charge in [-0.2, -0.15) is 0 Å². The zero-order chi connectivity index (χ0) is 38.8. The topological polar surface area (TPSA) is 345 Å². The summed E-state index contributed by atoms with van der Waals surface area (Å²) in [4.78, 5) is 110. The normalized spacial score (nSPS) is 13.6. The Morgan fingerprint density at radius 1 is 0.667 bits per heavy atom. The van der Waals surface area contributed by atoms with Gasteiger partial charge in [0.2, 0.25) is 41.4 Å². The summed E-state index contributed by atoms with van der Waals surface area (Å²) >= 11 is 0. The van der Waals surface area contributed by atoms with E-state index in [9.17, 15) is 58.5 Å². The Morgan fingerprint density at radius 3 is 1.71 bits per heavy atom. The molecule has 282 valence electrons. The number of benzene rings is 1. The number of phenols is 1. The van der Waals surface area contributed by atoms with Crippen molar-refractivity contribution in [3.05, 3.63) is 29.8 Å². The second-order valence-corrected chi connectivity index (χ2v) is 11.4. The lowest BCUT2D eigenvalue weighted by molar-refractivity contribution is -0.142.